The van der Waals surface area contributed by atoms with Crippen molar-refractivity contribution < 1.29 is 9.90 Å². The molecule has 25 heavy (non-hydrogen) atoms. The van der Waals surface area contributed by atoms with E-state index in [4.69, 9.17) is 0 Å². The Morgan fingerprint density at radius 1 is 1.12 bits per heavy atom. The second-order valence-electron chi connectivity index (χ2n) is 7.82. The Morgan fingerprint density at radius 3 is 2.48 bits per heavy atom. The maximum Gasteiger partial charge on any atom is 0.319 e. The van der Waals surface area contributed by atoms with Gasteiger partial charge in [0, 0.05) is 5.69 Å². The van der Waals surface area contributed by atoms with Crippen molar-refractivity contribution in [3.63, 3.8) is 0 Å². The van der Waals surface area contributed by atoms with E-state index < -0.39 is 5.60 Å². The maximum atomic E-state index is 12.2. The summed E-state index contributed by atoms with van der Waals surface area (Å²) in [5.41, 5.74) is 3.14. The molecule has 0 fully saturated rings. The summed E-state index contributed by atoms with van der Waals surface area (Å²) in [6, 6.07) is 15.4. The topological polar surface area (TPSA) is 61.4 Å². The molecule has 1 aliphatic carbocycles. The fourth-order valence-electron chi connectivity index (χ4n) is 3.31. The lowest BCUT2D eigenvalue weighted by molar-refractivity contribution is 0.0417. The molecule has 1 atom stereocenters. The number of rotatable bonds is 3. The van der Waals surface area contributed by atoms with Crippen LogP contribution in [0.25, 0.3) is 0 Å². The summed E-state index contributed by atoms with van der Waals surface area (Å²) >= 11 is 0. The third-order valence-corrected chi connectivity index (χ3v) is 4.88. The molecule has 0 aromatic heterocycles. The summed E-state index contributed by atoms with van der Waals surface area (Å²) in [5, 5.41) is 16.5. The number of amides is 2. The molecule has 0 heterocycles. The van der Waals surface area contributed by atoms with Crippen molar-refractivity contribution in [2.24, 2.45) is 0 Å². The fraction of sp³-hybridized carbons (Fsp3) is 0.381. The predicted octanol–water partition coefficient (Wildman–Crippen LogP) is 3.94. The molecule has 1 unspecified atom stereocenters. The first-order valence-electron chi connectivity index (χ1n) is 8.74. The number of aliphatic hydroxyl groups is 1. The van der Waals surface area contributed by atoms with Crippen LogP contribution in [-0.2, 0) is 17.4 Å². The lowest BCUT2D eigenvalue weighted by Crippen LogP contribution is -2.41. The molecule has 2 amide bonds. The second kappa shape index (κ2) is 6.52. The van der Waals surface area contributed by atoms with Gasteiger partial charge in [-0.15, -0.1) is 0 Å². The highest BCUT2D eigenvalue weighted by atomic mass is 16.3. The normalized spacial score (nSPS) is 19.4. The zero-order valence-corrected chi connectivity index (χ0v) is 15.1. The van der Waals surface area contributed by atoms with E-state index in [0.29, 0.717) is 6.42 Å². The number of urea groups is 1. The lowest BCUT2D eigenvalue weighted by Gasteiger charge is -2.24. The van der Waals surface area contributed by atoms with Crippen LogP contribution in [0, 0.1) is 0 Å². The smallest absolute Gasteiger partial charge is 0.319 e. The van der Waals surface area contributed by atoms with Crippen molar-refractivity contribution in [3.05, 3.63) is 65.2 Å². The molecule has 1 aliphatic rings. The minimum absolute atomic E-state index is 0.0833. The molecular formula is C21H26N2O2. The van der Waals surface area contributed by atoms with Crippen molar-refractivity contribution in [2.75, 3.05) is 11.9 Å². The van der Waals surface area contributed by atoms with Gasteiger partial charge < -0.3 is 15.7 Å². The second-order valence-corrected chi connectivity index (χ2v) is 7.82. The van der Waals surface area contributed by atoms with Gasteiger partial charge in [0.05, 0.1) is 6.54 Å². The van der Waals surface area contributed by atoms with E-state index in [1.54, 1.807) is 0 Å². The Balaban J connectivity index is 1.59. The molecule has 0 radical (unpaired) electrons. The van der Waals surface area contributed by atoms with E-state index in [-0.39, 0.29) is 18.0 Å². The summed E-state index contributed by atoms with van der Waals surface area (Å²) in [4.78, 5) is 12.2. The van der Waals surface area contributed by atoms with Gasteiger partial charge in [-0.2, -0.15) is 0 Å². The number of carbonyl (C=O) groups excluding carboxylic acids is 1. The van der Waals surface area contributed by atoms with E-state index in [9.17, 15) is 9.90 Å². The van der Waals surface area contributed by atoms with Gasteiger partial charge in [-0.1, -0.05) is 57.2 Å². The molecule has 0 bridgehead atoms. The van der Waals surface area contributed by atoms with Crippen LogP contribution < -0.4 is 10.6 Å². The summed E-state index contributed by atoms with van der Waals surface area (Å²) < 4.78 is 0. The van der Waals surface area contributed by atoms with Gasteiger partial charge >= 0.3 is 6.03 Å². The van der Waals surface area contributed by atoms with Crippen LogP contribution in [-0.4, -0.2) is 17.7 Å². The van der Waals surface area contributed by atoms with Gasteiger partial charge in [0.15, 0.2) is 0 Å². The van der Waals surface area contributed by atoms with Crippen LogP contribution in [0.1, 0.15) is 43.9 Å². The maximum absolute atomic E-state index is 12.2. The number of hydrogen-bond acceptors (Lipinski definition) is 2. The third-order valence-electron chi connectivity index (χ3n) is 4.88. The quantitative estimate of drug-likeness (QED) is 0.794. The SMILES string of the molecule is CC(C)(C)c1ccc(NC(=O)NCC2(O)CCc3ccccc32)cc1. The predicted molar refractivity (Wildman–Crippen MR) is 101 cm³/mol. The Hall–Kier alpha value is -2.33. The van der Waals surface area contributed by atoms with Crippen molar-refractivity contribution in [1.82, 2.24) is 5.32 Å². The lowest BCUT2D eigenvalue weighted by atomic mass is 9.87. The zero-order chi connectivity index (χ0) is 18.1. The van der Waals surface area contributed by atoms with E-state index >= 15 is 0 Å². The third kappa shape index (κ3) is 3.85. The molecular weight excluding hydrogens is 312 g/mol. The zero-order valence-electron chi connectivity index (χ0n) is 15.1. The van der Waals surface area contributed by atoms with Crippen LogP contribution in [0.2, 0.25) is 0 Å². The minimum atomic E-state index is -0.982. The van der Waals surface area contributed by atoms with Gasteiger partial charge in [-0.3, -0.25) is 0 Å². The van der Waals surface area contributed by atoms with Crippen LogP contribution in [0.3, 0.4) is 0 Å². The largest absolute Gasteiger partial charge is 0.383 e. The highest BCUT2D eigenvalue weighted by molar-refractivity contribution is 5.89. The molecule has 0 aliphatic heterocycles. The van der Waals surface area contributed by atoms with Gasteiger partial charge in [0.2, 0.25) is 0 Å². The van der Waals surface area contributed by atoms with Crippen molar-refractivity contribution in [3.8, 4) is 0 Å². The van der Waals surface area contributed by atoms with Crippen molar-refractivity contribution in [1.29, 1.82) is 0 Å². The van der Waals surface area contributed by atoms with Gasteiger partial charge in [-0.05, 0) is 47.1 Å². The molecule has 2 aromatic carbocycles. The molecule has 3 N–H and O–H groups in total. The molecule has 0 saturated carbocycles. The fourth-order valence-corrected chi connectivity index (χ4v) is 3.31. The van der Waals surface area contributed by atoms with Crippen LogP contribution >= 0.6 is 0 Å². The summed E-state index contributed by atoms with van der Waals surface area (Å²) in [5.74, 6) is 0. The van der Waals surface area contributed by atoms with Gasteiger partial charge in [-0.25, -0.2) is 4.79 Å². The van der Waals surface area contributed by atoms with E-state index in [0.717, 1.165) is 23.2 Å². The summed E-state index contributed by atoms with van der Waals surface area (Å²) in [6.45, 7) is 6.67. The monoisotopic (exact) mass is 338 g/mol. The van der Waals surface area contributed by atoms with Crippen LogP contribution in [0.15, 0.2) is 48.5 Å². The van der Waals surface area contributed by atoms with E-state index in [2.05, 4.69) is 31.4 Å². The molecule has 0 saturated heterocycles. The molecule has 3 rings (SSSR count). The summed E-state index contributed by atoms with van der Waals surface area (Å²) in [7, 11) is 0. The molecule has 4 nitrogen and oxygen atoms in total. The molecule has 4 heteroatoms. The Labute approximate surface area is 149 Å². The highest BCUT2D eigenvalue weighted by Crippen LogP contribution is 2.36. The number of nitrogens with one attached hydrogen (secondary N) is 2. The highest BCUT2D eigenvalue weighted by Gasteiger charge is 2.36. The number of fused-ring (bicyclic) bond motifs is 1. The minimum Gasteiger partial charge on any atom is -0.383 e. The summed E-state index contributed by atoms with van der Waals surface area (Å²) in [6.07, 6.45) is 1.47. The number of anilines is 1. The first kappa shape index (κ1) is 17.5. The molecule has 0 spiro atoms. The Kier molecular flexibility index (Phi) is 4.56. The Morgan fingerprint density at radius 2 is 1.80 bits per heavy atom. The molecule has 132 valence electrons. The van der Waals surface area contributed by atoms with E-state index in [1.165, 1.54) is 5.56 Å². The number of hydrogen-bond donors (Lipinski definition) is 3. The number of aryl methyl sites for hydroxylation is 1. The van der Waals surface area contributed by atoms with Crippen LogP contribution in [0.4, 0.5) is 10.5 Å². The average molecular weight is 338 g/mol. The first-order valence-corrected chi connectivity index (χ1v) is 8.74. The first-order chi connectivity index (χ1) is 11.8. The van der Waals surface area contributed by atoms with Crippen molar-refractivity contribution >= 4 is 11.7 Å². The van der Waals surface area contributed by atoms with Crippen LogP contribution in [0.5, 0.6) is 0 Å². The number of benzene rings is 2. The molecule has 2 aromatic rings. The number of carbonyl (C=O) groups is 1. The van der Waals surface area contributed by atoms with Crippen molar-refractivity contribution in [2.45, 2.75) is 44.6 Å². The van der Waals surface area contributed by atoms with Gasteiger partial charge in [0.25, 0.3) is 0 Å². The van der Waals surface area contributed by atoms with Gasteiger partial charge in [0.1, 0.15) is 5.60 Å². The average Bonchev–Trinajstić information content (AvgIpc) is 2.91. The Bertz CT molecular complexity index is 762. The standard InChI is InChI=1S/C21H26N2O2/c1-20(2,3)16-8-10-17(11-9-16)23-19(24)22-14-21(25)13-12-15-6-4-5-7-18(15)21/h4-11,25H,12-14H2,1-3H3,(H2,22,23,24). The van der Waals surface area contributed by atoms with E-state index in [1.807, 2.05) is 48.5 Å².